The van der Waals surface area contributed by atoms with Crippen molar-refractivity contribution in [2.24, 2.45) is 0 Å². The van der Waals surface area contributed by atoms with E-state index in [0.29, 0.717) is 25.8 Å². The van der Waals surface area contributed by atoms with Gasteiger partial charge in [0.1, 0.15) is 0 Å². The third-order valence-corrected chi connectivity index (χ3v) is 3.58. The van der Waals surface area contributed by atoms with Crippen molar-refractivity contribution in [3.8, 4) is 0 Å². The molecule has 1 aliphatic heterocycles. The number of aliphatic hydroxyl groups excluding tert-OH is 1. The van der Waals surface area contributed by atoms with Crippen LogP contribution in [-0.2, 0) is 9.47 Å². The molecule has 1 heterocycles. The molecule has 2 N–H and O–H groups in total. The third-order valence-electron chi connectivity index (χ3n) is 3.58. The molecule has 3 atom stereocenters. The van der Waals surface area contributed by atoms with Crippen molar-refractivity contribution in [1.29, 1.82) is 0 Å². The zero-order valence-corrected chi connectivity index (χ0v) is 12.6. The molecule has 1 saturated heterocycles. The molecule has 3 unspecified atom stereocenters. The van der Waals surface area contributed by atoms with Gasteiger partial charge in [0.05, 0.1) is 25.4 Å². The Balaban J connectivity index is 1.92. The van der Waals surface area contributed by atoms with Gasteiger partial charge in [0, 0.05) is 19.2 Å². The summed E-state index contributed by atoms with van der Waals surface area (Å²) in [6.07, 6.45) is 7.03. The monoisotopic (exact) mass is 273 g/mol. The van der Waals surface area contributed by atoms with Gasteiger partial charge < -0.3 is 19.9 Å². The van der Waals surface area contributed by atoms with Crippen molar-refractivity contribution < 1.29 is 14.6 Å². The molecule has 1 aliphatic rings. The topological polar surface area (TPSA) is 50.7 Å². The van der Waals surface area contributed by atoms with Gasteiger partial charge in [-0.25, -0.2) is 0 Å². The number of unbranched alkanes of at least 4 members (excludes halogenated alkanes) is 2. The van der Waals surface area contributed by atoms with E-state index in [2.05, 4.69) is 19.2 Å². The van der Waals surface area contributed by atoms with Crippen LogP contribution in [0.25, 0.3) is 0 Å². The third kappa shape index (κ3) is 8.58. The molecule has 0 aromatic rings. The van der Waals surface area contributed by atoms with Crippen LogP contribution in [0.2, 0.25) is 0 Å². The fourth-order valence-electron chi connectivity index (χ4n) is 2.31. The average Bonchev–Trinajstić information content (AvgIpc) is 2.90. The van der Waals surface area contributed by atoms with E-state index in [1.807, 2.05) is 0 Å². The number of aliphatic hydroxyl groups is 1. The molecular formula is C15H31NO3. The Kier molecular flexibility index (Phi) is 9.43. The molecular weight excluding hydrogens is 242 g/mol. The van der Waals surface area contributed by atoms with Crippen LogP contribution >= 0.6 is 0 Å². The summed E-state index contributed by atoms with van der Waals surface area (Å²) in [5.74, 6) is 0. The Morgan fingerprint density at radius 3 is 2.95 bits per heavy atom. The van der Waals surface area contributed by atoms with Crippen LogP contribution < -0.4 is 5.32 Å². The first-order chi connectivity index (χ1) is 9.22. The van der Waals surface area contributed by atoms with Crippen molar-refractivity contribution in [1.82, 2.24) is 5.32 Å². The standard InChI is InChI=1S/C15H31NO3/c1-3-4-5-7-13(2)16-10-14(17)11-18-12-15-8-6-9-19-15/h13-17H,3-12H2,1-2H3. The minimum atomic E-state index is -0.421. The highest BCUT2D eigenvalue weighted by molar-refractivity contribution is 4.67. The minimum Gasteiger partial charge on any atom is -0.389 e. The molecule has 0 saturated carbocycles. The van der Waals surface area contributed by atoms with Crippen LogP contribution in [-0.4, -0.2) is 49.7 Å². The van der Waals surface area contributed by atoms with Crippen LogP contribution in [0, 0.1) is 0 Å². The minimum absolute atomic E-state index is 0.244. The Bertz CT molecular complexity index is 208. The number of hydrogen-bond donors (Lipinski definition) is 2. The van der Waals surface area contributed by atoms with Gasteiger partial charge in [-0.15, -0.1) is 0 Å². The molecule has 0 radical (unpaired) electrons. The van der Waals surface area contributed by atoms with Crippen LogP contribution in [0.15, 0.2) is 0 Å². The van der Waals surface area contributed by atoms with Crippen LogP contribution in [0.3, 0.4) is 0 Å². The predicted octanol–water partition coefficient (Wildman–Crippen LogP) is 2.10. The smallest absolute Gasteiger partial charge is 0.0897 e. The number of hydrogen-bond acceptors (Lipinski definition) is 4. The zero-order valence-electron chi connectivity index (χ0n) is 12.6. The molecule has 0 spiro atoms. The Morgan fingerprint density at radius 2 is 2.26 bits per heavy atom. The van der Waals surface area contributed by atoms with E-state index < -0.39 is 6.10 Å². The summed E-state index contributed by atoms with van der Waals surface area (Å²) >= 11 is 0. The fourth-order valence-corrected chi connectivity index (χ4v) is 2.31. The lowest BCUT2D eigenvalue weighted by atomic mass is 10.1. The van der Waals surface area contributed by atoms with E-state index in [9.17, 15) is 5.11 Å². The molecule has 4 heteroatoms. The maximum absolute atomic E-state index is 9.82. The average molecular weight is 273 g/mol. The molecule has 0 aromatic heterocycles. The SMILES string of the molecule is CCCCCC(C)NCC(O)COCC1CCCO1. The van der Waals surface area contributed by atoms with E-state index in [1.54, 1.807) is 0 Å². The summed E-state index contributed by atoms with van der Waals surface area (Å²) < 4.78 is 11.0. The lowest BCUT2D eigenvalue weighted by molar-refractivity contribution is -0.0169. The molecule has 4 nitrogen and oxygen atoms in total. The van der Waals surface area contributed by atoms with E-state index in [-0.39, 0.29) is 6.10 Å². The molecule has 114 valence electrons. The van der Waals surface area contributed by atoms with Crippen LogP contribution in [0.1, 0.15) is 52.4 Å². The second-order valence-electron chi connectivity index (χ2n) is 5.63. The number of nitrogens with one attached hydrogen (secondary N) is 1. The van der Waals surface area contributed by atoms with Crippen molar-refractivity contribution in [3.63, 3.8) is 0 Å². The molecule has 1 rings (SSSR count). The summed E-state index contributed by atoms with van der Waals surface area (Å²) in [5, 5.41) is 13.2. The van der Waals surface area contributed by atoms with Crippen molar-refractivity contribution in [3.05, 3.63) is 0 Å². The largest absolute Gasteiger partial charge is 0.389 e. The second kappa shape index (κ2) is 10.6. The van der Waals surface area contributed by atoms with Crippen molar-refractivity contribution >= 4 is 0 Å². The van der Waals surface area contributed by atoms with Crippen molar-refractivity contribution in [2.45, 2.75) is 70.6 Å². The number of rotatable bonds is 11. The van der Waals surface area contributed by atoms with Gasteiger partial charge in [-0.05, 0) is 26.2 Å². The first-order valence-corrected chi connectivity index (χ1v) is 7.83. The van der Waals surface area contributed by atoms with E-state index in [1.165, 1.54) is 25.7 Å². The fraction of sp³-hybridized carbons (Fsp3) is 1.00. The highest BCUT2D eigenvalue weighted by Gasteiger charge is 2.16. The Morgan fingerprint density at radius 1 is 1.42 bits per heavy atom. The molecule has 0 amide bonds. The van der Waals surface area contributed by atoms with Gasteiger partial charge in [-0.2, -0.15) is 0 Å². The lowest BCUT2D eigenvalue weighted by Gasteiger charge is -2.18. The summed E-state index contributed by atoms with van der Waals surface area (Å²) in [7, 11) is 0. The molecule has 1 fully saturated rings. The van der Waals surface area contributed by atoms with Crippen LogP contribution in [0.5, 0.6) is 0 Å². The normalized spacial score (nSPS) is 22.6. The molecule has 0 aromatic carbocycles. The number of ether oxygens (including phenoxy) is 2. The quantitative estimate of drug-likeness (QED) is 0.566. The van der Waals surface area contributed by atoms with E-state index in [4.69, 9.17) is 9.47 Å². The predicted molar refractivity (Wildman–Crippen MR) is 77.4 cm³/mol. The molecule has 0 aliphatic carbocycles. The summed E-state index contributed by atoms with van der Waals surface area (Å²) in [6, 6.07) is 0.472. The maximum atomic E-state index is 9.82. The first-order valence-electron chi connectivity index (χ1n) is 7.83. The zero-order chi connectivity index (χ0) is 13.9. The van der Waals surface area contributed by atoms with Crippen molar-refractivity contribution in [2.75, 3.05) is 26.4 Å². The van der Waals surface area contributed by atoms with Gasteiger partial charge in [-0.1, -0.05) is 26.2 Å². The van der Waals surface area contributed by atoms with Gasteiger partial charge in [0.25, 0.3) is 0 Å². The Hall–Kier alpha value is -0.160. The summed E-state index contributed by atoms with van der Waals surface area (Å²) in [5.41, 5.74) is 0. The maximum Gasteiger partial charge on any atom is 0.0897 e. The molecule has 0 bridgehead atoms. The van der Waals surface area contributed by atoms with Crippen LogP contribution in [0.4, 0.5) is 0 Å². The van der Waals surface area contributed by atoms with E-state index >= 15 is 0 Å². The first kappa shape index (κ1) is 16.9. The van der Waals surface area contributed by atoms with Gasteiger partial charge >= 0.3 is 0 Å². The second-order valence-corrected chi connectivity index (χ2v) is 5.63. The lowest BCUT2D eigenvalue weighted by Crippen LogP contribution is -2.36. The molecule has 19 heavy (non-hydrogen) atoms. The van der Waals surface area contributed by atoms with Gasteiger partial charge in [-0.3, -0.25) is 0 Å². The highest BCUT2D eigenvalue weighted by atomic mass is 16.5. The summed E-state index contributed by atoms with van der Waals surface area (Å²) in [6.45, 7) is 6.87. The highest BCUT2D eigenvalue weighted by Crippen LogP contribution is 2.11. The Labute approximate surface area is 117 Å². The van der Waals surface area contributed by atoms with E-state index in [0.717, 1.165) is 19.4 Å². The summed E-state index contributed by atoms with van der Waals surface area (Å²) in [4.78, 5) is 0. The van der Waals surface area contributed by atoms with Gasteiger partial charge in [0.2, 0.25) is 0 Å². The van der Waals surface area contributed by atoms with Gasteiger partial charge in [0.15, 0.2) is 0 Å².